The third-order valence-corrected chi connectivity index (χ3v) is 2.61. The molecule has 0 aromatic heterocycles. The summed E-state index contributed by atoms with van der Waals surface area (Å²) in [6, 6.07) is 0. The first-order chi connectivity index (χ1) is 8.56. The maximum Gasteiger partial charge on any atom is 0.313 e. The van der Waals surface area contributed by atoms with Crippen molar-refractivity contribution in [2.45, 2.75) is 65.7 Å². The van der Waals surface area contributed by atoms with Gasteiger partial charge in [-0.3, -0.25) is 9.59 Å². The van der Waals surface area contributed by atoms with Gasteiger partial charge in [-0.05, 0) is 40.0 Å². The van der Waals surface area contributed by atoms with Crippen LogP contribution in [0, 0.1) is 0 Å². The first-order valence-corrected chi connectivity index (χ1v) is 6.87. The maximum atomic E-state index is 11.4. The van der Waals surface area contributed by atoms with Crippen LogP contribution in [0.3, 0.4) is 0 Å². The third kappa shape index (κ3) is 11.4. The average molecular weight is 254 g/mol. The summed E-state index contributed by atoms with van der Waals surface area (Å²) in [5.41, 5.74) is 1.36. The smallest absolute Gasteiger partial charge is 0.313 e. The highest BCUT2D eigenvalue weighted by Crippen LogP contribution is 2.08. The molecule has 0 spiro atoms. The first kappa shape index (κ1) is 16.9. The molecule has 0 saturated heterocycles. The largest absolute Gasteiger partial charge is 0.466 e. The number of unbranched alkanes of at least 4 members (excludes halogenated alkanes) is 4. The van der Waals surface area contributed by atoms with E-state index in [1.165, 1.54) is 12.0 Å². The van der Waals surface area contributed by atoms with Gasteiger partial charge in [0.25, 0.3) is 0 Å². The van der Waals surface area contributed by atoms with Crippen molar-refractivity contribution in [3.63, 3.8) is 0 Å². The lowest BCUT2D eigenvalue weighted by molar-refractivity contribution is -0.145. The van der Waals surface area contributed by atoms with Crippen molar-refractivity contribution in [3.05, 3.63) is 11.6 Å². The van der Waals surface area contributed by atoms with Crippen LogP contribution in [-0.2, 0) is 14.3 Å². The molecule has 0 heterocycles. The molecule has 0 saturated carbocycles. The van der Waals surface area contributed by atoms with E-state index in [-0.39, 0.29) is 12.2 Å². The van der Waals surface area contributed by atoms with Gasteiger partial charge in [-0.25, -0.2) is 0 Å². The van der Waals surface area contributed by atoms with Gasteiger partial charge < -0.3 is 4.74 Å². The second kappa shape index (κ2) is 11.0. The molecule has 0 radical (unpaired) electrons. The summed E-state index contributed by atoms with van der Waals surface area (Å²) < 4.78 is 4.73. The maximum absolute atomic E-state index is 11.4. The molecule has 0 N–H and O–H groups in total. The summed E-state index contributed by atoms with van der Waals surface area (Å²) in [7, 11) is 0. The van der Waals surface area contributed by atoms with E-state index in [0.717, 1.165) is 25.7 Å². The molecule has 18 heavy (non-hydrogen) atoms. The van der Waals surface area contributed by atoms with Crippen molar-refractivity contribution in [1.82, 2.24) is 0 Å². The van der Waals surface area contributed by atoms with Crippen LogP contribution >= 0.6 is 0 Å². The van der Waals surface area contributed by atoms with Gasteiger partial charge in [0.2, 0.25) is 0 Å². The minimum absolute atomic E-state index is 0.00208. The Kier molecular flexibility index (Phi) is 10.3. The van der Waals surface area contributed by atoms with Crippen molar-refractivity contribution in [1.29, 1.82) is 0 Å². The van der Waals surface area contributed by atoms with Crippen LogP contribution < -0.4 is 0 Å². The lowest BCUT2D eigenvalue weighted by Gasteiger charge is -2.02. The third-order valence-electron chi connectivity index (χ3n) is 2.61. The second-order valence-corrected chi connectivity index (χ2v) is 4.75. The van der Waals surface area contributed by atoms with E-state index in [1.807, 2.05) is 0 Å². The number of ketones is 1. The lowest BCUT2D eigenvalue weighted by Crippen LogP contribution is -2.10. The van der Waals surface area contributed by atoms with Crippen LogP contribution in [0.5, 0.6) is 0 Å². The van der Waals surface area contributed by atoms with Gasteiger partial charge in [0.15, 0.2) is 0 Å². The van der Waals surface area contributed by atoms with Gasteiger partial charge in [-0.2, -0.15) is 0 Å². The molecule has 0 aliphatic heterocycles. The van der Waals surface area contributed by atoms with E-state index in [2.05, 4.69) is 19.9 Å². The van der Waals surface area contributed by atoms with Gasteiger partial charge in [0, 0.05) is 6.42 Å². The predicted molar refractivity (Wildman–Crippen MR) is 73.4 cm³/mol. The average Bonchev–Trinajstić information content (AvgIpc) is 2.27. The highest BCUT2D eigenvalue weighted by atomic mass is 16.5. The number of ether oxygens (including phenoxy) is 1. The quantitative estimate of drug-likeness (QED) is 0.258. The zero-order chi connectivity index (χ0) is 13.8. The summed E-state index contributed by atoms with van der Waals surface area (Å²) >= 11 is 0. The second-order valence-electron chi connectivity index (χ2n) is 4.75. The lowest BCUT2D eigenvalue weighted by atomic mass is 10.1. The number of Topliss-reactive ketones (excluding diaryl/α,β-unsaturated/α-hetero) is 1. The zero-order valence-electron chi connectivity index (χ0n) is 12.0. The van der Waals surface area contributed by atoms with Crippen LogP contribution in [0.15, 0.2) is 11.6 Å². The Morgan fingerprint density at radius 3 is 2.33 bits per heavy atom. The summed E-state index contributed by atoms with van der Waals surface area (Å²) in [4.78, 5) is 22.4. The summed E-state index contributed by atoms with van der Waals surface area (Å²) in [6.07, 6.45) is 8.07. The number of hydrogen-bond donors (Lipinski definition) is 0. The Balaban J connectivity index is 3.41. The van der Waals surface area contributed by atoms with Gasteiger partial charge in [0.05, 0.1) is 6.61 Å². The molecular weight excluding hydrogens is 228 g/mol. The Morgan fingerprint density at radius 1 is 1.06 bits per heavy atom. The van der Waals surface area contributed by atoms with Gasteiger partial charge in [0.1, 0.15) is 12.2 Å². The fraction of sp³-hybridized carbons (Fsp3) is 0.733. The van der Waals surface area contributed by atoms with Crippen molar-refractivity contribution in [2.24, 2.45) is 0 Å². The Labute approximate surface area is 111 Å². The number of hydrogen-bond acceptors (Lipinski definition) is 3. The topological polar surface area (TPSA) is 43.4 Å². The first-order valence-electron chi connectivity index (χ1n) is 6.87. The number of carbonyl (C=O) groups is 2. The predicted octanol–water partition coefficient (Wildman–Crippen LogP) is 3.82. The fourth-order valence-electron chi connectivity index (χ4n) is 1.67. The molecule has 0 aliphatic carbocycles. The molecule has 0 aromatic rings. The van der Waals surface area contributed by atoms with Crippen LogP contribution in [0.2, 0.25) is 0 Å². The Hall–Kier alpha value is -1.12. The van der Waals surface area contributed by atoms with E-state index in [0.29, 0.717) is 13.0 Å². The fourth-order valence-corrected chi connectivity index (χ4v) is 1.67. The molecule has 3 nitrogen and oxygen atoms in total. The molecule has 0 aromatic carbocycles. The van der Waals surface area contributed by atoms with Gasteiger partial charge in [-0.1, -0.05) is 24.5 Å². The molecule has 0 fully saturated rings. The molecule has 0 atom stereocenters. The summed E-state index contributed by atoms with van der Waals surface area (Å²) in [5, 5.41) is 0. The molecular formula is C15H26O3. The monoisotopic (exact) mass is 254 g/mol. The van der Waals surface area contributed by atoms with E-state index in [1.54, 1.807) is 6.92 Å². The highest BCUT2D eigenvalue weighted by molar-refractivity contribution is 5.95. The van der Waals surface area contributed by atoms with E-state index >= 15 is 0 Å². The summed E-state index contributed by atoms with van der Waals surface area (Å²) in [5.74, 6) is -0.399. The van der Waals surface area contributed by atoms with Crippen LogP contribution in [0.4, 0.5) is 0 Å². The molecule has 3 heteroatoms. The molecule has 0 rings (SSSR count). The molecule has 0 amide bonds. The zero-order valence-corrected chi connectivity index (χ0v) is 12.0. The normalized spacial score (nSPS) is 9.94. The minimum Gasteiger partial charge on any atom is -0.466 e. The van der Waals surface area contributed by atoms with Crippen molar-refractivity contribution < 1.29 is 14.3 Å². The van der Waals surface area contributed by atoms with Crippen molar-refractivity contribution in [3.8, 4) is 0 Å². The molecule has 104 valence electrons. The van der Waals surface area contributed by atoms with E-state index in [4.69, 9.17) is 4.74 Å². The molecule has 0 bridgehead atoms. The van der Waals surface area contributed by atoms with Gasteiger partial charge >= 0.3 is 5.97 Å². The Bertz CT molecular complexity index is 275. The van der Waals surface area contributed by atoms with Crippen LogP contribution in [0.25, 0.3) is 0 Å². The minimum atomic E-state index is -0.397. The van der Waals surface area contributed by atoms with Crippen molar-refractivity contribution >= 4 is 11.8 Å². The number of allylic oxidation sites excluding steroid dienone is 2. The SMILES string of the molecule is CCOC(=O)CC(=O)CCCCCCC=C(C)C. The number of carbonyl (C=O) groups excluding carboxylic acids is 2. The molecule has 0 unspecified atom stereocenters. The van der Waals surface area contributed by atoms with Gasteiger partial charge in [-0.15, -0.1) is 0 Å². The number of rotatable bonds is 10. The molecule has 0 aliphatic rings. The van der Waals surface area contributed by atoms with Crippen LogP contribution in [0.1, 0.15) is 65.7 Å². The summed E-state index contributed by atoms with van der Waals surface area (Å²) in [6.45, 7) is 6.30. The number of esters is 1. The standard InChI is InChI=1S/C15H26O3/c1-4-18-15(17)12-14(16)11-9-7-5-6-8-10-13(2)3/h10H,4-9,11-12H2,1-3H3. The van der Waals surface area contributed by atoms with E-state index in [9.17, 15) is 9.59 Å². The van der Waals surface area contributed by atoms with Crippen molar-refractivity contribution in [2.75, 3.05) is 6.61 Å². The Morgan fingerprint density at radius 2 is 1.72 bits per heavy atom. The van der Waals surface area contributed by atoms with E-state index < -0.39 is 5.97 Å². The highest BCUT2D eigenvalue weighted by Gasteiger charge is 2.09. The van der Waals surface area contributed by atoms with Crippen LogP contribution in [-0.4, -0.2) is 18.4 Å².